The molecule has 0 bridgehead atoms. The maximum absolute atomic E-state index is 13.6. The Bertz CT molecular complexity index is 1390. The van der Waals surface area contributed by atoms with Crippen LogP contribution in [0.1, 0.15) is 42.6 Å². The standard InChI is InChI=1S/C27H34N4O5S/c1-6-16-30(17-7-2)27(33)24(28-26(32)20-12-14-22(36-5)15-13-20)18-21-19-31(37(34,35)29(3)4)25-11-9-8-10-23(21)25/h8-15,18-19H,6-7,16-17H2,1-5H3,(H,28,32)/b24-18-. The summed E-state index contributed by atoms with van der Waals surface area (Å²) in [6, 6.07) is 13.6. The molecule has 0 saturated carbocycles. The zero-order chi connectivity index (χ0) is 27.2. The van der Waals surface area contributed by atoms with Crippen LogP contribution in [0.2, 0.25) is 0 Å². The number of fused-ring (bicyclic) bond motifs is 1. The molecule has 1 N–H and O–H groups in total. The van der Waals surface area contributed by atoms with Crippen molar-refractivity contribution in [2.45, 2.75) is 26.7 Å². The molecular formula is C27H34N4O5S. The maximum Gasteiger partial charge on any atom is 0.307 e. The lowest BCUT2D eigenvalue weighted by Crippen LogP contribution is -2.39. The number of carbonyl (C=O) groups excluding carboxylic acids is 2. The highest BCUT2D eigenvalue weighted by atomic mass is 32.2. The summed E-state index contributed by atoms with van der Waals surface area (Å²) in [4.78, 5) is 28.5. The molecule has 3 aromatic rings. The van der Waals surface area contributed by atoms with E-state index >= 15 is 0 Å². The van der Waals surface area contributed by atoms with E-state index in [0.29, 0.717) is 40.9 Å². The molecule has 0 aliphatic heterocycles. The van der Waals surface area contributed by atoms with Crippen LogP contribution in [0.25, 0.3) is 17.0 Å². The average molecular weight is 527 g/mol. The number of amides is 2. The first kappa shape index (κ1) is 27.9. The van der Waals surface area contributed by atoms with Crippen LogP contribution in [0.4, 0.5) is 0 Å². The lowest BCUT2D eigenvalue weighted by molar-refractivity contribution is -0.127. The molecule has 9 nitrogen and oxygen atoms in total. The van der Waals surface area contributed by atoms with Gasteiger partial charge in [0, 0.05) is 49.9 Å². The number of aromatic nitrogens is 1. The molecule has 10 heteroatoms. The van der Waals surface area contributed by atoms with Crippen molar-refractivity contribution in [2.24, 2.45) is 0 Å². The van der Waals surface area contributed by atoms with Gasteiger partial charge in [0.25, 0.3) is 11.8 Å². The number of carbonyl (C=O) groups is 2. The molecule has 0 atom stereocenters. The lowest BCUT2D eigenvalue weighted by atomic mass is 10.1. The minimum absolute atomic E-state index is 0.0628. The fourth-order valence-electron chi connectivity index (χ4n) is 3.93. The SMILES string of the molecule is CCCN(CCC)C(=O)/C(=C/c1cn(S(=O)(=O)N(C)C)c2ccccc12)NC(=O)c1ccc(OC)cc1. The number of nitrogens with one attached hydrogen (secondary N) is 1. The predicted molar refractivity (Wildman–Crippen MR) is 146 cm³/mol. The Labute approximate surface area is 218 Å². The summed E-state index contributed by atoms with van der Waals surface area (Å²) >= 11 is 0. The molecule has 0 unspecified atom stereocenters. The van der Waals surface area contributed by atoms with Crippen LogP contribution >= 0.6 is 0 Å². The Morgan fingerprint density at radius 2 is 1.62 bits per heavy atom. The van der Waals surface area contributed by atoms with Gasteiger partial charge in [0.05, 0.1) is 12.6 Å². The van der Waals surface area contributed by atoms with Gasteiger partial charge in [-0.3, -0.25) is 9.59 Å². The number of rotatable bonds is 11. The number of nitrogens with zero attached hydrogens (tertiary/aromatic N) is 3. The van der Waals surface area contributed by atoms with Gasteiger partial charge in [-0.2, -0.15) is 12.7 Å². The Morgan fingerprint density at radius 1 is 1.00 bits per heavy atom. The van der Waals surface area contributed by atoms with Crippen LogP contribution in [0.15, 0.2) is 60.4 Å². The van der Waals surface area contributed by atoms with E-state index in [9.17, 15) is 18.0 Å². The highest BCUT2D eigenvalue weighted by Gasteiger charge is 2.24. The molecule has 1 heterocycles. The lowest BCUT2D eigenvalue weighted by Gasteiger charge is -2.23. The van der Waals surface area contributed by atoms with Gasteiger partial charge in [0.1, 0.15) is 11.4 Å². The Hall–Kier alpha value is -3.63. The number of hydrogen-bond acceptors (Lipinski definition) is 5. The first-order valence-electron chi connectivity index (χ1n) is 12.1. The van der Waals surface area contributed by atoms with E-state index in [2.05, 4.69) is 5.32 Å². The maximum atomic E-state index is 13.6. The van der Waals surface area contributed by atoms with Crippen LogP contribution in [-0.2, 0) is 15.0 Å². The first-order valence-corrected chi connectivity index (χ1v) is 13.5. The van der Waals surface area contributed by atoms with E-state index in [4.69, 9.17) is 4.74 Å². The van der Waals surface area contributed by atoms with Gasteiger partial charge in [-0.25, -0.2) is 3.97 Å². The second-order valence-corrected chi connectivity index (χ2v) is 10.7. The Balaban J connectivity index is 2.14. The summed E-state index contributed by atoms with van der Waals surface area (Å²) in [6.07, 6.45) is 4.53. The van der Waals surface area contributed by atoms with E-state index in [-0.39, 0.29) is 11.6 Å². The molecule has 0 radical (unpaired) electrons. The van der Waals surface area contributed by atoms with Gasteiger partial charge in [0.2, 0.25) is 0 Å². The molecule has 3 rings (SSSR count). The molecule has 0 aliphatic carbocycles. The van der Waals surface area contributed by atoms with Crippen molar-refractivity contribution in [3.8, 4) is 5.75 Å². The van der Waals surface area contributed by atoms with Crippen LogP contribution in [-0.4, -0.2) is 67.7 Å². The summed E-state index contributed by atoms with van der Waals surface area (Å²) in [5.74, 6) is -0.187. The van der Waals surface area contributed by atoms with Crippen molar-refractivity contribution in [1.29, 1.82) is 0 Å². The molecule has 0 spiro atoms. The number of benzene rings is 2. The summed E-state index contributed by atoms with van der Waals surface area (Å²) in [7, 11) is 0.631. The van der Waals surface area contributed by atoms with Crippen molar-refractivity contribution in [1.82, 2.24) is 18.5 Å². The van der Waals surface area contributed by atoms with Gasteiger partial charge in [-0.05, 0) is 49.2 Å². The van der Waals surface area contributed by atoms with Crippen LogP contribution in [0, 0.1) is 0 Å². The second kappa shape index (κ2) is 12.1. The van der Waals surface area contributed by atoms with E-state index in [1.54, 1.807) is 59.5 Å². The predicted octanol–water partition coefficient (Wildman–Crippen LogP) is 3.72. The molecule has 0 saturated heterocycles. The van der Waals surface area contributed by atoms with Crippen molar-refractivity contribution in [3.05, 3.63) is 71.6 Å². The molecular weight excluding hydrogens is 492 g/mol. The third-order valence-electron chi connectivity index (χ3n) is 5.82. The number of para-hydroxylation sites is 1. The van der Waals surface area contributed by atoms with Crippen molar-refractivity contribution in [2.75, 3.05) is 34.3 Å². The Kier molecular flexibility index (Phi) is 9.12. The van der Waals surface area contributed by atoms with Crippen LogP contribution in [0.3, 0.4) is 0 Å². The van der Waals surface area contributed by atoms with Crippen molar-refractivity contribution in [3.63, 3.8) is 0 Å². The average Bonchev–Trinajstić information content (AvgIpc) is 3.26. The molecule has 2 amide bonds. The molecule has 0 aliphatic rings. The van der Waals surface area contributed by atoms with Gasteiger partial charge in [-0.15, -0.1) is 0 Å². The van der Waals surface area contributed by atoms with E-state index in [0.717, 1.165) is 17.1 Å². The number of ether oxygens (including phenoxy) is 1. The highest BCUT2D eigenvalue weighted by molar-refractivity contribution is 7.87. The summed E-state index contributed by atoms with van der Waals surface area (Å²) in [6.45, 7) is 5.02. The van der Waals surface area contributed by atoms with Gasteiger partial charge < -0.3 is 15.0 Å². The number of hydrogen-bond donors (Lipinski definition) is 1. The second-order valence-electron chi connectivity index (χ2n) is 8.72. The monoisotopic (exact) mass is 526 g/mol. The van der Waals surface area contributed by atoms with Gasteiger partial charge >= 0.3 is 10.2 Å². The van der Waals surface area contributed by atoms with Crippen molar-refractivity contribution < 1.29 is 22.7 Å². The van der Waals surface area contributed by atoms with Crippen LogP contribution < -0.4 is 10.1 Å². The summed E-state index contributed by atoms with van der Waals surface area (Å²) in [5.41, 5.74) is 1.38. The van der Waals surface area contributed by atoms with E-state index in [1.165, 1.54) is 31.4 Å². The molecule has 37 heavy (non-hydrogen) atoms. The Morgan fingerprint density at radius 3 is 2.19 bits per heavy atom. The van der Waals surface area contributed by atoms with Crippen LogP contribution in [0.5, 0.6) is 5.75 Å². The number of methoxy groups -OCH3 is 1. The summed E-state index contributed by atoms with van der Waals surface area (Å²) in [5, 5.41) is 3.41. The minimum Gasteiger partial charge on any atom is -0.497 e. The summed E-state index contributed by atoms with van der Waals surface area (Å²) < 4.78 is 33.4. The third kappa shape index (κ3) is 6.20. The smallest absolute Gasteiger partial charge is 0.307 e. The van der Waals surface area contributed by atoms with Crippen molar-refractivity contribution >= 4 is 39.0 Å². The van der Waals surface area contributed by atoms with E-state index in [1.807, 2.05) is 13.8 Å². The van der Waals surface area contributed by atoms with E-state index < -0.39 is 16.1 Å². The van der Waals surface area contributed by atoms with Gasteiger partial charge in [0.15, 0.2) is 0 Å². The molecule has 198 valence electrons. The zero-order valence-corrected chi connectivity index (χ0v) is 22.7. The molecule has 0 fully saturated rings. The topological polar surface area (TPSA) is 101 Å². The third-order valence-corrected chi connectivity index (χ3v) is 7.55. The normalized spacial score (nSPS) is 12.1. The fraction of sp³-hybridized carbons (Fsp3) is 0.333. The molecule has 1 aromatic heterocycles. The quantitative estimate of drug-likeness (QED) is 0.384. The first-order chi connectivity index (χ1) is 17.6. The zero-order valence-electron chi connectivity index (χ0n) is 21.9. The highest BCUT2D eigenvalue weighted by Crippen LogP contribution is 2.26. The largest absolute Gasteiger partial charge is 0.497 e. The fourth-order valence-corrected chi connectivity index (χ4v) is 4.93. The van der Waals surface area contributed by atoms with Gasteiger partial charge in [-0.1, -0.05) is 32.0 Å². The minimum atomic E-state index is -3.82. The molecule has 2 aromatic carbocycles.